The molecule has 56 heavy (non-hydrogen) atoms. The van der Waals surface area contributed by atoms with Gasteiger partial charge in [0.15, 0.2) is 0 Å². The molecule has 2 amide bonds. The average molecular weight is 945 g/mol. The number of carbonyl (C=O) groups is 2. The van der Waals surface area contributed by atoms with Gasteiger partial charge >= 0.3 is 103 Å². The maximum absolute atomic E-state index is 11.5. The summed E-state index contributed by atoms with van der Waals surface area (Å²) < 4.78 is 43.7. The maximum Gasteiger partial charge on any atom is 1.00 e. The fourth-order valence-electron chi connectivity index (χ4n) is 4.25. The minimum atomic E-state index is -4.78. The number of hydrogen-bond acceptors (Lipinski definition) is 12. The molecule has 0 spiro atoms. The summed E-state index contributed by atoms with van der Waals surface area (Å²) in [7, 11) is -9.57. The summed E-state index contributed by atoms with van der Waals surface area (Å²) in [6, 6.07) is 24.3. The molecule has 4 aromatic rings. The Balaban J connectivity index is 0.000000541. The Hall–Kier alpha value is 0.0727. The second-order valence-electron chi connectivity index (χ2n) is 11.1. The first-order chi connectivity index (χ1) is 25.4. The van der Waals surface area contributed by atoms with Gasteiger partial charge in [-0.3, -0.25) is 29.1 Å². The fraction of sp³-hybridized carbons (Fsp3) is 0.235. The molecule has 0 aromatic heterocycles. The molecule has 0 aliphatic carbocycles. The van der Waals surface area contributed by atoms with Gasteiger partial charge in [-0.05, 0) is 85.3 Å². The maximum atomic E-state index is 11.5. The third kappa shape index (κ3) is 18.8. The third-order valence-electron chi connectivity index (χ3n) is 6.81. The summed E-state index contributed by atoms with van der Waals surface area (Å²) in [5.74, 6) is 0.147. The van der Waals surface area contributed by atoms with Gasteiger partial charge < -0.3 is 28.3 Å². The Morgan fingerprint density at radius 1 is 0.589 bits per heavy atom. The first-order valence-corrected chi connectivity index (χ1v) is 20.2. The van der Waals surface area contributed by atoms with Gasteiger partial charge in [-0.2, -0.15) is 9.67 Å². The molecule has 0 saturated carbocycles. The Kier molecular flexibility index (Phi) is 25.5. The quantitative estimate of drug-likeness (QED) is 0.0549. The number of benzene rings is 4. The minimum absolute atomic E-state index is 0. The van der Waals surface area contributed by atoms with Crippen molar-refractivity contribution in [2.24, 2.45) is 0 Å². The number of hydrogen-bond donors (Lipinski definition) is 2. The standard InChI is InChI=1S/2C17H18Cl2NO6P.2K/c2*1-12(21)20(22)27(23,24)25-9-3-5-13-4-2-6-14(10-13)26-15-7-8-16(18)17(19)11-15;;/h2*2,4,6-8,10-11,22H,3,5,9H2,1H3,(H,23,24);;/q;;2*+1/p-2. The second kappa shape index (κ2) is 26.4. The predicted octanol–water partition coefficient (Wildman–Crippen LogP) is 2.89. The Morgan fingerprint density at radius 3 is 1.25 bits per heavy atom. The van der Waals surface area contributed by atoms with E-state index in [4.69, 9.17) is 66.3 Å². The van der Waals surface area contributed by atoms with Crippen molar-refractivity contribution in [3.8, 4) is 23.0 Å². The summed E-state index contributed by atoms with van der Waals surface area (Å²) in [6.45, 7) is 1.46. The van der Waals surface area contributed by atoms with Crippen LogP contribution in [-0.4, -0.2) is 45.1 Å². The largest absolute Gasteiger partial charge is 1.00 e. The zero-order chi connectivity index (χ0) is 40.1. The van der Waals surface area contributed by atoms with Crippen molar-refractivity contribution in [1.82, 2.24) is 9.67 Å². The van der Waals surface area contributed by atoms with Gasteiger partial charge in [-0.15, -0.1) is 0 Å². The number of aryl methyl sites for hydroxylation is 2. The van der Waals surface area contributed by atoms with E-state index in [0.29, 0.717) is 68.8 Å². The number of nitrogens with zero attached hydrogens (tertiary/aromatic N) is 2. The van der Waals surface area contributed by atoms with Crippen molar-refractivity contribution in [3.05, 3.63) is 116 Å². The molecule has 4 rings (SSSR count). The second-order valence-corrected chi connectivity index (χ2v) is 15.9. The van der Waals surface area contributed by atoms with E-state index in [1.165, 1.54) is 0 Å². The number of halogens is 4. The van der Waals surface area contributed by atoms with Crippen LogP contribution in [0.3, 0.4) is 0 Å². The molecule has 0 fully saturated rings. The van der Waals surface area contributed by atoms with Crippen molar-refractivity contribution >= 4 is 73.7 Å². The van der Waals surface area contributed by atoms with Crippen LogP contribution >= 0.6 is 61.9 Å². The SMILES string of the molecule is CC(=O)N(O)P(=O)([O-])OCCCc1cccc(Oc2ccc(Cl)c(Cl)c2)c1.CC(=O)N(O)P(=O)([O-])OCCCc1cccc(Oc2ccc(Cl)c(Cl)c2)c1.[K+].[K+]. The minimum Gasteiger partial charge on any atom is -0.760 e. The number of rotatable bonds is 16. The molecule has 2 atom stereocenters. The van der Waals surface area contributed by atoms with E-state index in [2.05, 4.69) is 9.05 Å². The van der Waals surface area contributed by atoms with E-state index in [1.54, 1.807) is 72.8 Å². The summed E-state index contributed by atoms with van der Waals surface area (Å²) in [6.07, 6.45) is 1.72. The van der Waals surface area contributed by atoms with Crippen LogP contribution in [0.1, 0.15) is 37.8 Å². The van der Waals surface area contributed by atoms with E-state index in [1.807, 2.05) is 12.1 Å². The first-order valence-electron chi connectivity index (χ1n) is 15.7. The molecule has 2 unspecified atom stereocenters. The van der Waals surface area contributed by atoms with Crippen molar-refractivity contribution in [2.75, 3.05) is 13.2 Å². The number of amides is 2. The number of carbonyl (C=O) groups excluding carboxylic acids is 2. The van der Waals surface area contributed by atoms with Gasteiger partial charge in [0.05, 0.1) is 33.3 Å². The Labute approximate surface area is 429 Å². The van der Waals surface area contributed by atoms with Gasteiger partial charge in [0.2, 0.25) is 11.8 Å². The van der Waals surface area contributed by atoms with Crippen molar-refractivity contribution < 1.29 is 160 Å². The van der Waals surface area contributed by atoms with Crippen molar-refractivity contribution in [3.63, 3.8) is 0 Å². The topological polar surface area (TPSA) is 198 Å². The van der Waals surface area contributed by atoms with Crippen LogP contribution in [0, 0.1) is 0 Å². The molecule has 0 aliphatic rings. The van der Waals surface area contributed by atoms with E-state index >= 15 is 0 Å². The summed E-state index contributed by atoms with van der Waals surface area (Å²) in [4.78, 5) is 43.9. The van der Waals surface area contributed by atoms with Crippen LogP contribution in [-0.2, 0) is 40.6 Å². The fourth-order valence-corrected chi connectivity index (χ4v) is 6.45. The van der Waals surface area contributed by atoms with Gasteiger partial charge in [-0.25, -0.2) is 0 Å². The molecule has 22 heteroatoms. The van der Waals surface area contributed by atoms with E-state index in [-0.39, 0.29) is 116 Å². The summed E-state index contributed by atoms with van der Waals surface area (Å²) in [5.41, 5.74) is 1.79. The smallest absolute Gasteiger partial charge is 0.760 e. The monoisotopic (exact) mass is 942 g/mol. The molecule has 0 radical (unpaired) electrons. The molecular weight excluding hydrogens is 910 g/mol. The van der Waals surface area contributed by atoms with E-state index in [9.17, 15) is 28.5 Å². The molecule has 0 heterocycles. The van der Waals surface area contributed by atoms with Crippen LogP contribution in [0.4, 0.5) is 0 Å². The van der Waals surface area contributed by atoms with Crippen molar-refractivity contribution in [1.29, 1.82) is 0 Å². The molecule has 0 saturated heterocycles. The molecule has 0 aliphatic heterocycles. The third-order valence-corrected chi connectivity index (χ3v) is 10.8. The van der Waals surface area contributed by atoms with Gasteiger partial charge in [0.1, 0.15) is 23.0 Å². The summed E-state index contributed by atoms with van der Waals surface area (Å²) >= 11 is 23.7. The van der Waals surface area contributed by atoms with E-state index in [0.717, 1.165) is 25.0 Å². The van der Waals surface area contributed by atoms with Crippen LogP contribution in [0.25, 0.3) is 0 Å². The zero-order valence-electron chi connectivity index (χ0n) is 30.6. The van der Waals surface area contributed by atoms with Crippen LogP contribution in [0.5, 0.6) is 23.0 Å². The molecule has 4 aromatic carbocycles. The van der Waals surface area contributed by atoms with E-state index < -0.39 is 37.0 Å². The Morgan fingerprint density at radius 2 is 0.929 bits per heavy atom. The zero-order valence-corrected chi connectivity index (χ0v) is 41.7. The number of ether oxygens (including phenoxy) is 2. The normalized spacial score (nSPS) is 12.6. The molecule has 14 nitrogen and oxygen atoms in total. The molecule has 292 valence electrons. The molecular formula is C34H34Cl4K2N2O12P2. The predicted molar refractivity (Wildman–Crippen MR) is 198 cm³/mol. The Bertz CT molecular complexity index is 1880. The van der Waals surface area contributed by atoms with Crippen LogP contribution < -0.4 is 122 Å². The van der Waals surface area contributed by atoms with Crippen LogP contribution in [0.15, 0.2) is 84.9 Å². The number of hydroxylamine groups is 2. The van der Waals surface area contributed by atoms with Gasteiger partial charge in [-0.1, -0.05) is 70.7 Å². The average Bonchev–Trinajstić information content (AvgIpc) is 3.11. The first kappa shape index (κ1) is 54.1. The van der Waals surface area contributed by atoms with Gasteiger partial charge in [0.25, 0.3) is 15.5 Å². The van der Waals surface area contributed by atoms with Crippen molar-refractivity contribution in [2.45, 2.75) is 39.5 Å². The molecule has 2 N–H and O–H groups in total. The van der Waals surface area contributed by atoms with Gasteiger partial charge in [0, 0.05) is 26.0 Å². The van der Waals surface area contributed by atoms with Crippen LogP contribution in [0.2, 0.25) is 20.1 Å². The summed E-state index contributed by atoms with van der Waals surface area (Å²) in [5, 5.41) is 19.9. The molecule has 0 bridgehead atoms.